The highest BCUT2D eigenvalue weighted by molar-refractivity contribution is 14.1. The Morgan fingerprint density at radius 3 is 2.70 bits per heavy atom. The van der Waals surface area contributed by atoms with Crippen molar-refractivity contribution in [3.05, 3.63) is 27.6 Å². The van der Waals surface area contributed by atoms with E-state index in [-0.39, 0.29) is 5.82 Å². The Hall–Kier alpha value is -0.360. The maximum absolute atomic E-state index is 12.6. The molecule has 0 bridgehead atoms. The third kappa shape index (κ3) is 1.57. The molecule has 0 aliphatic heterocycles. The summed E-state index contributed by atoms with van der Waals surface area (Å²) in [6.07, 6.45) is 0. The normalized spacial score (nSPS) is 9.50. The van der Waals surface area contributed by atoms with Crippen LogP contribution < -0.4 is 11.3 Å². The highest BCUT2D eigenvalue weighted by atomic mass is 127. The zero-order valence-corrected chi connectivity index (χ0v) is 7.22. The first-order chi connectivity index (χ1) is 4.74. The molecule has 1 aromatic carbocycles. The van der Waals surface area contributed by atoms with E-state index in [1.165, 1.54) is 6.07 Å². The minimum atomic E-state index is -0.223. The molecular formula is C6H6FIN2. The van der Waals surface area contributed by atoms with Gasteiger partial charge in [-0.3, -0.25) is 5.84 Å². The van der Waals surface area contributed by atoms with Gasteiger partial charge >= 0.3 is 0 Å². The molecule has 0 amide bonds. The summed E-state index contributed by atoms with van der Waals surface area (Å²) in [5.74, 6) is 4.87. The molecule has 0 fully saturated rings. The number of hydrogen-bond donors (Lipinski definition) is 2. The molecule has 2 nitrogen and oxygen atoms in total. The Kier molecular flexibility index (Phi) is 2.44. The van der Waals surface area contributed by atoms with Crippen molar-refractivity contribution in [1.29, 1.82) is 0 Å². The number of nitrogens with one attached hydrogen (secondary N) is 1. The Balaban J connectivity index is 3.04. The van der Waals surface area contributed by atoms with Crippen molar-refractivity contribution >= 4 is 28.3 Å². The first kappa shape index (κ1) is 7.74. The van der Waals surface area contributed by atoms with Gasteiger partial charge in [0.2, 0.25) is 0 Å². The van der Waals surface area contributed by atoms with Crippen LogP contribution >= 0.6 is 22.6 Å². The van der Waals surface area contributed by atoms with Crippen molar-refractivity contribution in [2.24, 2.45) is 5.84 Å². The van der Waals surface area contributed by atoms with Crippen LogP contribution in [0.4, 0.5) is 10.1 Å². The minimum Gasteiger partial charge on any atom is -0.324 e. The van der Waals surface area contributed by atoms with Gasteiger partial charge in [0.15, 0.2) is 0 Å². The summed E-state index contributed by atoms with van der Waals surface area (Å²) in [7, 11) is 0. The maximum Gasteiger partial charge on any atom is 0.136 e. The molecule has 0 saturated heterocycles. The number of nitrogens with two attached hydrogens (primary N) is 1. The van der Waals surface area contributed by atoms with E-state index in [2.05, 4.69) is 5.43 Å². The van der Waals surface area contributed by atoms with Gasteiger partial charge in [0.25, 0.3) is 0 Å². The highest BCUT2D eigenvalue weighted by Gasteiger charge is 1.97. The number of rotatable bonds is 1. The lowest BCUT2D eigenvalue weighted by atomic mass is 10.3. The molecule has 0 atom stereocenters. The number of hydrazine groups is 1. The monoisotopic (exact) mass is 252 g/mol. The lowest BCUT2D eigenvalue weighted by molar-refractivity contribution is 0.620. The molecule has 0 aromatic heterocycles. The standard InChI is InChI=1S/C6H6FIN2/c7-5-2-1-4(10-9)3-6(5)8/h1-3,10H,9H2. The number of halogens is 2. The van der Waals surface area contributed by atoms with Crippen LogP contribution in [-0.2, 0) is 0 Å². The summed E-state index contributed by atoms with van der Waals surface area (Å²) in [6, 6.07) is 4.59. The van der Waals surface area contributed by atoms with Gasteiger partial charge in [-0.2, -0.15) is 0 Å². The van der Waals surface area contributed by atoms with Crippen LogP contribution in [0.15, 0.2) is 18.2 Å². The van der Waals surface area contributed by atoms with Crippen molar-refractivity contribution < 1.29 is 4.39 Å². The van der Waals surface area contributed by atoms with E-state index in [4.69, 9.17) is 5.84 Å². The average Bonchev–Trinajstić information content (AvgIpc) is 1.95. The van der Waals surface area contributed by atoms with Crippen LogP contribution in [0.1, 0.15) is 0 Å². The predicted molar refractivity (Wildman–Crippen MR) is 46.9 cm³/mol. The van der Waals surface area contributed by atoms with E-state index in [0.29, 0.717) is 9.26 Å². The van der Waals surface area contributed by atoms with E-state index in [0.717, 1.165) is 0 Å². The van der Waals surface area contributed by atoms with Crippen molar-refractivity contribution in [2.45, 2.75) is 0 Å². The van der Waals surface area contributed by atoms with Crippen molar-refractivity contribution in [1.82, 2.24) is 0 Å². The summed E-state index contributed by atoms with van der Waals surface area (Å²) < 4.78 is 13.1. The van der Waals surface area contributed by atoms with Gasteiger partial charge in [-0.15, -0.1) is 0 Å². The van der Waals surface area contributed by atoms with Crippen LogP contribution in [0, 0.1) is 9.39 Å². The molecule has 0 heterocycles. The summed E-state index contributed by atoms with van der Waals surface area (Å²) >= 11 is 1.90. The number of nitrogen functional groups attached to an aromatic ring is 1. The van der Waals surface area contributed by atoms with Crippen LogP contribution in [-0.4, -0.2) is 0 Å². The van der Waals surface area contributed by atoms with E-state index < -0.39 is 0 Å². The smallest absolute Gasteiger partial charge is 0.136 e. The molecule has 0 aliphatic rings. The summed E-state index contributed by atoms with van der Waals surface area (Å²) in [5.41, 5.74) is 3.14. The van der Waals surface area contributed by atoms with E-state index in [1.54, 1.807) is 12.1 Å². The van der Waals surface area contributed by atoms with E-state index in [9.17, 15) is 4.39 Å². The molecule has 0 spiro atoms. The van der Waals surface area contributed by atoms with Gasteiger partial charge in [-0.05, 0) is 40.8 Å². The minimum absolute atomic E-state index is 0.223. The van der Waals surface area contributed by atoms with E-state index in [1.807, 2.05) is 22.6 Å². The quantitative estimate of drug-likeness (QED) is 0.453. The lowest BCUT2D eigenvalue weighted by Crippen LogP contribution is -2.06. The summed E-state index contributed by atoms with van der Waals surface area (Å²) in [6.45, 7) is 0. The highest BCUT2D eigenvalue weighted by Crippen LogP contribution is 2.14. The fourth-order valence-electron chi connectivity index (χ4n) is 0.586. The third-order valence-electron chi connectivity index (χ3n) is 1.09. The Morgan fingerprint density at radius 2 is 2.20 bits per heavy atom. The van der Waals surface area contributed by atoms with Gasteiger partial charge in [0.05, 0.1) is 3.57 Å². The van der Waals surface area contributed by atoms with Crippen LogP contribution in [0.2, 0.25) is 0 Å². The molecule has 1 aromatic rings. The Bertz CT molecular complexity index is 239. The number of hydrogen-bond acceptors (Lipinski definition) is 2. The zero-order chi connectivity index (χ0) is 7.56. The van der Waals surface area contributed by atoms with Crippen molar-refractivity contribution in [3.8, 4) is 0 Å². The first-order valence-corrected chi connectivity index (χ1v) is 3.73. The molecule has 3 N–H and O–H groups in total. The number of anilines is 1. The summed E-state index contributed by atoms with van der Waals surface area (Å²) in [4.78, 5) is 0. The van der Waals surface area contributed by atoms with Gasteiger partial charge in [0, 0.05) is 5.69 Å². The molecule has 54 valence electrons. The van der Waals surface area contributed by atoms with Crippen LogP contribution in [0.3, 0.4) is 0 Å². The van der Waals surface area contributed by atoms with Crippen LogP contribution in [0.5, 0.6) is 0 Å². The number of benzene rings is 1. The van der Waals surface area contributed by atoms with Gasteiger partial charge < -0.3 is 5.43 Å². The van der Waals surface area contributed by atoms with E-state index >= 15 is 0 Å². The largest absolute Gasteiger partial charge is 0.324 e. The van der Waals surface area contributed by atoms with Gasteiger partial charge in [-0.1, -0.05) is 0 Å². The molecule has 4 heteroatoms. The second-order valence-electron chi connectivity index (χ2n) is 1.77. The average molecular weight is 252 g/mol. The molecular weight excluding hydrogens is 246 g/mol. The van der Waals surface area contributed by atoms with Gasteiger partial charge in [-0.25, -0.2) is 4.39 Å². The lowest BCUT2D eigenvalue weighted by Gasteiger charge is -1.99. The third-order valence-corrected chi connectivity index (χ3v) is 1.91. The van der Waals surface area contributed by atoms with Crippen LogP contribution in [0.25, 0.3) is 0 Å². The first-order valence-electron chi connectivity index (χ1n) is 2.65. The Labute approximate surface area is 71.7 Å². The molecule has 0 aliphatic carbocycles. The topological polar surface area (TPSA) is 38.0 Å². The fraction of sp³-hybridized carbons (Fsp3) is 0. The van der Waals surface area contributed by atoms with Crippen molar-refractivity contribution in [3.63, 3.8) is 0 Å². The second-order valence-corrected chi connectivity index (χ2v) is 2.94. The molecule has 0 radical (unpaired) electrons. The van der Waals surface area contributed by atoms with Gasteiger partial charge in [0.1, 0.15) is 5.82 Å². The molecule has 10 heavy (non-hydrogen) atoms. The molecule has 0 unspecified atom stereocenters. The molecule has 0 saturated carbocycles. The SMILES string of the molecule is NNc1ccc(F)c(I)c1. The maximum atomic E-state index is 12.6. The van der Waals surface area contributed by atoms with Crippen molar-refractivity contribution in [2.75, 3.05) is 5.43 Å². The zero-order valence-electron chi connectivity index (χ0n) is 5.07. The fourth-order valence-corrected chi connectivity index (χ4v) is 1.10. The predicted octanol–water partition coefficient (Wildman–Crippen LogP) is 1.72. The summed E-state index contributed by atoms with van der Waals surface area (Å²) in [5, 5.41) is 0. The Morgan fingerprint density at radius 1 is 1.50 bits per heavy atom. The second kappa shape index (κ2) is 3.16. The molecule has 1 rings (SSSR count).